The summed E-state index contributed by atoms with van der Waals surface area (Å²) >= 11 is 0. The van der Waals surface area contributed by atoms with Crippen LogP contribution in [0.15, 0.2) is 72.1 Å². The number of ether oxygens (including phenoxy) is 1. The standard InChI is InChI=1S/C23H22N4O2/c1-16(2)27-14-18(19-9-3-4-10-20(19)27)13-25-26-22(28)15-29-21-11-5-7-17-8-6-12-24-23(17)21/h3-14,16H,15H2,1-2H3,(H,26,28)/b25-13-. The summed E-state index contributed by atoms with van der Waals surface area (Å²) in [5.41, 5.74) is 5.35. The van der Waals surface area contributed by atoms with Crippen molar-refractivity contribution in [3.8, 4) is 5.75 Å². The highest BCUT2D eigenvalue weighted by molar-refractivity contribution is 5.99. The molecular formula is C23H22N4O2. The van der Waals surface area contributed by atoms with E-state index in [4.69, 9.17) is 4.74 Å². The minimum Gasteiger partial charge on any atom is -0.481 e. The lowest BCUT2D eigenvalue weighted by Gasteiger charge is -2.08. The van der Waals surface area contributed by atoms with Crippen molar-refractivity contribution in [1.29, 1.82) is 0 Å². The Morgan fingerprint density at radius 1 is 1.17 bits per heavy atom. The van der Waals surface area contributed by atoms with E-state index in [1.165, 1.54) is 0 Å². The first-order chi connectivity index (χ1) is 14.1. The number of hydrogen-bond acceptors (Lipinski definition) is 4. The van der Waals surface area contributed by atoms with E-state index in [2.05, 4.69) is 40.0 Å². The van der Waals surface area contributed by atoms with E-state index < -0.39 is 0 Å². The van der Waals surface area contributed by atoms with E-state index in [1.54, 1.807) is 18.5 Å². The van der Waals surface area contributed by atoms with Crippen LogP contribution in [0.4, 0.5) is 0 Å². The molecule has 0 atom stereocenters. The van der Waals surface area contributed by atoms with Gasteiger partial charge in [-0.2, -0.15) is 5.10 Å². The zero-order valence-corrected chi connectivity index (χ0v) is 16.4. The van der Waals surface area contributed by atoms with E-state index in [0.29, 0.717) is 11.8 Å². The van der Waals surface area contributed by atoms with Crippen molar-refractivity contribution in [1.82, 2.24) is 15.0 Å². The van der Waals surface area contributed by atoms with Crippen LogP contribution in [0.1, 0.15) is 25.5 Å². The zero-order chi connectivity index (χ0) is 20.2. The second-order valence-electron chi connectivity index (χ2n) is 7.02. The molecule has 0 saturated carbocycles. The monoisotopic (exact) mass is 386 g/mol. The SMILES string of the molecule is CC(C)n1cc(/C=N\NC(=O)COc2cccc3cccnc23)c2ccccc21. The third kappa shape index (κ3) is 3.96. The van der Waals surface area contributed by atoms with Crippen molar-refractivity contribution < 1.29 is 9.53 Å². The molecule has 146 valence electrons. The minimum atomic E-state index is -0.332. The number of benzene rings is 2. The van der Waals surface area contributed by atoms with Crippen molar-refractivity contribution in [2.45, 2.75) is 19.9 Å². The first-order valence-electron chi connectivity index (χ1n) is 9.51. The van der Waals surface area contributed by atoms with Crippen molar-refractivity contribution in [2.24, 2.45) is 5.10 Å². The molecule has 1 amide bonds. The van der Waals surface area contributed by atoms with Crippen molar-refractivity contribution in [3.63, 3.8) is 0 Å². The average molecular weight is 386 g/mol. The highest BCUT2D eigenvalue weighted by atomic mass is 16.5. The van der Waals surface area contributed by atoms with Gasteiger partial charge >= 0.3 is 0 Å². The maximum atomic E-state index is 12.1. The van der Waals surface area contributed by atoms with Crippen LogP contribution in [0.3, 0.4) is 0 Å². The number of carbonyl (C=O) groups excluding carboxylic acids is 1. The van der Waals surface area contributed by atoms with Gasteiger partial charge in [-0.25, -0.2) is 5.43 Å². The average Bonchev–Trinajstić information content (AvgIpc) is 3.11. The molecule has 0 aliphatic rings. The van der Waals surface area contributed by atoms with Crippen LogP contribution < -0.4 is 10.2 Å². The minimum absolute atomic E-state index is 0.138. The second kappa shape index (κ2) is 8.14. The Morgan fingerprint density at radius 3 is 2.86 bits per heavy atom. The van der Waals surface area contributed by atoms with E-state index in [0.717, 1.165) is 27.4 Å². The van der Waals surface area contributed by atoms with Gasteiger partial charge in [0.1, 0.15) is 11.3 Å². The van der Waals surface area contributed by atoms with Gasteiger partial charge in [-0.05, 0) is 32.0 Å². The topological polar surface area (TPSA) is 68.5 Å². The van der Waals surface area contributed by atoms with Gasteiger partial charge in [0.05, 0.1) is 6.21 Å². The van der Waals surface area contributed by atoms with Crippen molar-refractivity contribution in [2.75, 3.05) is 6.61 Å². The molecule has 0 radical (unpaired) electrons. The number of nitrogens with one attached hydrogen (secondary N) is 1. The number of amides is 1. The van der Waals surface area contributed by atoms with Crippen molar-refractivity contribution in [3.05, 3.63) is 72.6 Å². The Morgan fingerprint density at radius 2 is 2.00 bits per heavy atom. The molecule has 0 aliphatic carbocycles. The van der Waals surface area contributed by atoms with E-state index in [1.807, 2.05) is 48.7 Å². The number of hydrazone groups is 1. The summed E-state index contributed by atoms with van der Waals surface area (Å²) in [7, 11) is 0. The number of rotatable bonds is 6. The summed E-state index contributed by atoms with van der Waals surface area (Å²) in [6.45, 7) is 4.13. The van der Waals surface area contributed by atoms with Gasteiger partial charge in [-0.1, -0.05) is 36.4 Å². The highest BCUT2D eigenvalue weighted by Crippen LogP contribution is 2.24. The number of aromatic nitrogens is 2. The summed E-state index contributed by atoms with van der Waals surface area (Å²) < 4.78 is 7.83. The van der Waals surface area contributed by atoms with Crippen molar-refractivity contribution >= 4 is 33.9 Å². The number of fused-ring (bicyclic) bond motifs is 2. The Kier molecular flexibility index (Phi) is 5.24. The molecule has 2 heterocycles. The lowest BCUT2D eigenvalue weighted by Crippen LogP contribution is -2.24. The molecule has 0 spiro atoms. The molecule has 6 nitrogen and oxygen atoms in total. The van der Waals surface area contributed by atoms with Crippen LogP contribution in [-0.4, -0.2) is 28.3 Å². The molecule has 0 aliphatic heterocycles. The van der Waals surface area contributed by atoms with Gasteiger partial charge in [-0.15, -0.1) is 0 Å². The van der Waals surface area contributed by atoms with Crippen LogP contribution in [-0.2, 0) is 4.79 Å². The third-order valence-electron chi connectivity index (χ3n) is 4.68. The zero-order valence-electron chi connectivity index (χ0n) is 16.4. The number of hydrogen-bond donors (Lipinski definition) is 1. The Balaban J connectivity index is 1.42. The van der Waals surface area contributed by atoms with Gasteiger partial charge in [0.2, 0.25) is 0 Å². The third-order valence-corrected chi connectivity index (χ3v) is 4.68. The van der Waals surface area contributed by atoms with Crippen LogP contribution in [0.5, 0.6) is 5.75 Å². The summed E-state index contributed by atoms with van der Waals surface area (Å²) in [5.74, 6) is 0.240. The summed E-state index contributed by atoms with van der Waals surface area (Å²) in [6.07, 6.45) is 5.41. The maximum absolute atomic E-state index is 12.1. The number of pyridine rings is 1. The van der Waals surface area contributed by atoms with Crippen LogP contribution in [0, 0.1) is 0 Å². The van der Waals surface area contributed by atoms with Gasteiger partial charge in [0.25, 0.3) is 5.91 Å². The molecule has 29 heavy (non-hydrogen) atoms. The lowest BCUT2D eigenvalue weighted by atomic mass is 10.2. The van der Waals surface area contributed by atoms with Gasteiger partial charge in [0.15, 0.2) is 6.61 Å². The molecule has 4 rings (SSSR count). The fraction of sp³-hybridized carbons (Fsp3) is 0.174. The fourth-order valence-electron chi connectivity index (χ4n) is 3.30. The quantitative estimate of drug-likeness (QED) is 0.397. The molecule has 4 aromatic rings. The van der Waals surface area contributed by atoms with E-state index >= 15 is 0 Å². The molecule has 1 N–H and O–H groups in total. The number of nitrogens with zero attached hydrogens (tertiary/aromatic N) is 3. The summed E-state index contributed by atoms with van der Waals surface area (Å²) in [4.78, 5) is 16.5. The summed E-state index contributed by atoms with van der Waals surface area (Å²) in [5, 5.41) is 6.16. The molecule has 6 heteroatoms. The Labute approximate surface area is 168 Å². The van der Waals surface area contributed by atoms with E-state index in [-0.39, 0.29) is 12.5 Å². The lowest BCUT2D eigenvalue weighted by molar-refractivity contribution is -0.123. The maximum Gasteiger partial charge on any atom is 0.277 e. The van der Waals surface area contributed by atoms with Crippen LogP contribution >= 0.6 is 0 Å². The molecule has 2 aromatic heterocycles. The van der Waals surface area contributed by atoms with Gasteiger partial charge in [0, 0.05) is 40.3 Å². The van der Waals surface area contributed by atoms with Crippen LogP contribution in [0.2, 0.25) is 0 Å². The molecular weight excluding hydrogens is 364 g/mol. The van der Waals surface area contributed by atoms with Gasteiger partial charge < -0.3 is 9.30 Å². The Bertz CT molecular complexity index is 1190. The normalized spacial score (nSPS) is 11.6. The molecule has 0 fully saturated rings. The summed E-state index contributed by atoms with van der Waals surface area (Å²) in [6, 6.07) is 17.9. The molecule has 0 unspecified atom stereocenters. The smallest absolute Gasteiger partial charge is 0.277 e. The highest BCUT2D eigenvalue weighted by Gasteiger charge is 2.09. The predicted octanol–water partition coefficient (Wildman–Crippen LogP) is 4.30. The number of carbonyl (C=O) groups is 1. The van der Waals surface area contributed by atoms with Gasteiger partial charge in [-0.3, -0.25) is 9.78 Å². The first-order valence-corrected chi connectivity index (χ1v) is 9.51. The van der Waals surface area contributed by atoms with Crippen LogP contribution in [0.25, 0.3) is 21.8 Å². The number of para-hydroxylation sites is 2. The van der Waals surface area contributed by atoms with E-state index in [9.17, 15) is 4.79 Å². The second-order valence-corrected chi connectivity index (χ2v) is 7.02. The Hall–Kier alpha value is -3.67. The fourth-order valence-corrected chi connectivity index (χ4v) is 3.30. The molecule has 0 saturated heterocycles. The molecule has 2 aromatic carbocycles. The predicted molar refractivity (Wildman–Crippen MR) is 115 cm³/mol. The first kappa shape index (κ1) is 18.7. The molecule has 0 bridgehead atoms. The largest absolute Gasteiger partial charge is 0.481 e.